The first-order chi connectivity index (χ1) is 16.7. The third-order valence-corrected chi connectivity index (χ3v) is 6.48. The van der Waals surface area contributed by atoms with E-state index in [4.69, 9.17) is 19.9 Å². The van der Waals surface area contributed by atoms with Crippen LogP contribution in [0.25, 0.3) is 0 Å². The van der Waals surface area contributed by atoms with Crippen LogP contribution in [0.1, 0.15) is 46.1 Å². The number of benzene rings is 1. The molecule has 1 aromatic heterocycles. The predicted molar refractivity (Wildman–Crippen MR) is 129 cm³/mol. The second-order valence-corrected chi connectivity index (χ2v) is 8.72. The first kappa shape index (κ1) is 25.7. The smallest absolute Gasteiger partial charge is 0.341 e. The summed E-state index contributed by atoms with van der Waals surface area (Å²) in [6.45, 7) is 1.32. The van der Waals surface area contributed by atoms with Crippen LogP contribution in [-0.4, -0.2) is 50.2 Å². The number of nitrogens with one attached hydrogen (secondary N) is 2. The third kappa shape index (κ3) is 6.15. The summed E-state index contributed by atoms with van der Waals surface area (Å²) in [7, 11) is 2.70. The van der Waals surface area contributed by atoms with Crippen molar-refractivity contribution in [1.29, 1.82) is 0 Å². The molecule has 1 aromatic carbocycles. The molecular weight excluding hydrogens is 476 g/mol. The van der Waals surface area contributed by atoms with E-state index >= 15 is 0 Å². The molecule has 0 bridgehead atoms. The van der Waals surface area contributed by atoms with Gasteiger partial charge in [-0.25, -0.2) is 10.2 Å². The summed E-state index contributed by atoms with van der Waals surface area (Å²) < 4.78 is 15.4. The summed E-state index contributed by atoms with van der Waals surface area (Å²) in [5.74, 6) is -2.49. The molecule has 12 heteroatoms. The molecule has 3 amide bonds. The van der Waals surface area contributed by atoms with Crippen LogP contribution >= 0.6 is 11.3 Å². The Morgan fingerprint density at radius 1 is 1.09 bits per heavy atom. The number of carbonyl (C=O) groups excluding carboxylic acids is 4. The average molecular weight is 503 g/mol. The van der Waals surface area contributed by atoms with Gasteiger partial charge in [0.25, 0.3) is 5.91 Å². The third-order valence-electron chi connectivity index (χ3n) is 5.27. The van der Waals surface area contributed by atoms with Gasteiger partial charge in [-0.1, -0.05) is 0 Å². The van der Waals surface area contributed by atoms with Crippen molar-refractivity contribution < 1.29 is 33.4 Å². The van der Waals surface area contributed by atoms with Gasteiger partial charge in [0, 0.05) is 10.4 Å². The molecule has 35 heavy (non-hydrogen) atoms. The van der Waals surface area contributed by atoms with Crippen LogP contribution in [0.15, 0.2) is 23.3 Å². The number of aryl methyl sites for hydroxylation is 1. The number of anilines is 1. The molecule has 1 aliphatic carbocycles. The molecular formula is C23H26N4O7S. The number of carbonyl (C=O) groups is 4. The van der Waals surface area contributed by atoms with Gasteiger partial charge in [0.05, 0.1) is 25.5 Å². The number of methoxy groups -OCH3 is 2. The highest BCUT2D eigenvalue weighted by molar-refractivity contribution is 7.17. The molecule has 11 nitrogen and oxygen atoms in total. The second kappa shape index (κ2) is 11.5. The van der Waals surface area contributed by atoms with Gasteiger partial charge in [0.15, 0.2) is 18.1 Å². The average Bonchev–Trinajstić information content (AvgIpc) is 3.22. The van der Waals surface area contributed by atoms with E-state index in [1.165, 1.54) is 25.6 Å². The van der Waals surface area contributed by atoms with E-state index in [9.17, 15) is 19.2 Å². The first-order valence-electron chi connectivity index (χ1n) is 10.7. The van der Waals surface area contributed by atoms with Crippen LogP contribution in [-0.2, 0) is 32.0 Å². The molecule has 0 fully saturated rings. The molecule has 2 aromatic rings. The molecule has 0 saturated carbocycles. The lowest BCUT2D eigenvalue weighted by Gasteiger charge is -2.12. The van der Waals surface area contributed by atoms with E-state index in [1.54, 1.807) is 25.1 Å². The summed E-state index contributed by atoms with van der Waals surface area (Å²) in [6.07, 6.45) is 3.47. The van der Waals surface area contributed by atoms with Crippen molar-refractivity contribution in [2.45, 2.75) is 32.6 Å². The molecule has 1 heterocycles. The highest BCUT2D eigenvalue weighted by Gasteiger charge is 2.28. The van der Waals surface area contributed by atoms with Gasteiger partial charge >= 0.3 is 17.8 Å². The van der Waals surface area contributed by atoms with E-state index in [0.29, 0.717) is 33.3 Å². The van der Waals surface area contributed by atoms with Crippen molar-refractivity contribution >= 4 is 45.7 Å². The van der Waals surface area contributed by atoms with Crippen LogP contribution in [0.5, 0.6) is 11.5 Å². The standard InChI is InChI=1S/C23H26N4O7S/c1-12(13-8-9-15(16(10-13)32-2)34-11-18(24)28)26-27-21(30)20(29)25-22-19(23(31)33-3)14-6-4-5-7-17(14)35-22/h8-10H,4-7,11H2,1-3H3,(H2,24,28)(H,25,29)(H,27,30). The fraction of sp³-hybridized carbons (Fsp3) is 0.348. The number of nitrogens with zero attached hydrogens (tertiary/aromatic N) is 1. The Kier molecular flexibility index (Phi) is 8.42. The van der Waals surface area contributed by atoms with Crippen LogP contribution in [0.4, 0.5) is 5.00 Å². The fourth-order valence-corrected chi connectivity index (χ4v) is 4.81. The van der Waals surface area contributed by atoms with E-state index < -0.39 is 23.7 Å². The van der Waals surface area contributed by atoms with Crippen LogP contribution in [0.2, 0.25) is 0 Å². The number of thiophene rings is 1. The molecule has 4 N–H and O–H groups in total. The summed E-state index contributed by atoms with van der Waals surface area (Å²) in [5, 5.41) is 6.78. The highest BCUT2D eigenvalue weighted by Crippen LogP contribution is 2.38. The minimum absolute atomic E-state index is 0.292. The zero-order valence-electron chi connectivity index (χ0n) is 19.6. The topological polar surface area (TPSA) is 158 Å². The number of fused-ring (bicyclic) bond motifs is 1. The number of nitrogens with two attached hydrogens (primary N) is 1. The van der Waals surface area contributed by atoms with Gasteiger partial charge < -0.3 is 25.3 Å². The van der Waals surface area contributed by atoms with Crippen molar-refractivity contribution in [2.24, 2.45) is 10.8 Å². The van der Waals surface area contributed by atoms with Gasteiger partial charge in [0.1, 0.15) is 5.00 Å². The lowest BCUT2D eigenvalue weighted by atomic mass is 9.95. The van der Waals surface area contributed by atoms with Gasteiger partial charge in [-0.05, 0) is 56.4 Å². The lowest BCUT2D eigenvalue weighted by molar-refractivity contribution is -0.136. The SMILES string of the molecule is COC(=O)c1c(NC(=O)C(=O)NN=C(C)c2ccc(OCC(N)=O)c(OC)c2)sc2c1CCCC2. The minimum Gasteiger partial charge on any atom is -0.493 e. The van der Waals surface area contributed by atoms with Gasteiger partial charge in [0.2, 0.25) is 0 Å². The fourth-order valence-electron chi connectivity index (χ4n) is 3.54. The summed E-state index contributed by atoms with van der Waals surface area (Å²) >= 11 is 1.28. The van der Waals surface area contributed by atoms with E-state index in [2.05, 4.69) is 15.8 Å². The predicted octanol–water partition coefficient (Wildman–Crippen LogP) is 1.77. The molecule has 0 radical (unpaired) electrons. The summed E-state index contributed by atoms with van der Waals surface area (Å²) in [5.41, 5.74) is 9.43. The largest absolute Gasteiger partial charge is 0.493 e. The van der Waals surface area contributed by atoms with Crippen molar-refractivity contribution in [3.63, 3.8) is 0 Å². The maximum absolute atomic E-state index is 12.5. The molecule has 0 unspecified atom stereocenters. The number of hydrogen-bond donors (Lipinski definition) is 3. The summed E-state index contributed by atoms with van der Waals surface area (Å²) in [6, 6.07) is 4.81. The number of esters is 1. The quantitative estimate of drug-likeness (QED) is 0.215. The number of ether oxygens (including phenoxy) is 3. The van der Waals surface area contributed by atoms with E-state index in [1.807, 2.05) is 0 Å². The lowest BCUT2D eigenvalue weighted by Crippen LogP contribution is -2.33. The Bertz CT molecular complexity index is 1190. The van der Waals surface area contributed by atoms with Crippen molar-refractivity contribution in [1.82, 2.24) is 5.43 Å². The molecule has 0 aliphatic heterocycles. The number of amides is 3. The second-order valence-electron chi connectivity index (χ2n) is 7.62. The number of primary amides is 1. The first-order valence-corrected chi connectivity index (χ1v) is 11.5. The van der Waals surface area contributed by atoms with E-state index in [0.717, 1.165) is 36.1 Å². The molecule has 3 rings (SSSR count). The maximum Gasteiger partial charge on any atom is 0.341 e. The molecule has 0 spiro atoms. The number of hydrogen-bond acceptors (Lipinski definition) is 9. The molecule has 186 valence electrons. The Morgan fingerprint density at radius 2 is 1.83 bits per heavy atom. The van der Waals surface area contributed by atoms with Crippen LogP contribution < -0.4 is 25.9 Å². The van der Waals surface area contributed by atoms with Crippen molar-refractivity contribution in [2.75, 3.05) is 26.1 Å². The van der Waals surface area contributed by atoms with Crippen molar-refractivity contribution in [3.05, 3.63) is 39.8 Å². The minimum atomic E-state index is -1.00. The Labute approximate surface area is 205 Å². The molecule has 0 atom stereocenters. The Balaban J connectivity index is 1.70. The Morgan fingerprint density at radius 3 is 2.51 bits per heavy atom. The van der Waals surface area contributed by atoms with Gasteiger partial charge in [-0.15, -0.1) is 11.3 Å². The van der Waals surface area contributed by atoms with E-state index in [-0.39, 0.29) is 6.61 Å². The maximum atomic E-state index is 12.5. The summed E-state index contributed by atoms with van der Waals surface area (Å²) in [4.78, 5) is 49.1. The zero-order chi connectivity index (χ0) is 25.5. The van der Waals surface area contributed by atoms with Gasteiger partial charge in [-0.3, -0.25) is 14.4 Å². The zero-order valence-corrected chi connectivity index (χ0v) is 20.4. The monoisotopic (exact) mass is 502 g/mol. The Hall–Kier alpha value is -3.93. The van der Waals surface area contributed by atoms with Crippen LogP contribution in [0, 0.1) is 0 Å². The van der Waals surface area contributed by atoms with Crippen molar-refractivity contribution in [3.8, 4) is 11.5 Å². The molecule has 0 saturated heterocycles. The number of rotatable bonds is 8. The molecule has 1 aliphatic rings. The number of hydrazone groups is 1. The van der Waals surface area contributed by atoms with Crippen LogP contribution in [0.3, 0.4) is 0 Å². The highest BCUT2D eigenvalue weighted by atomic mass is 32.1. The van der Waals surface area contributed by atoms with Gasteiger partial charge in [-0.2, -0.15) is 5.10 Å². The normalized spacial score (nSPS) is 12.8.